The maximum absolute atomic E-state index is 11.2. The van der Waals surface area contributed by atoms with Crippen molar-refractivity contribution in [3.8, 4) is 22.8 Å². The Hall–Kier alpha value is -2.38. The lowest BCUT2D eigenvalue weighted by Gasteiger charge is -2.10. The van der Waals surface area contributed by atoms with Gasteiger partial charge in [-0.05, 0) is 36.8 Å². The summed E-state index contributed by atoms with van der Waals surface area (Å²) in [6.07, 6.45) is 0. The van der Waals surface area contributed by atoms with Crippen LogP contribution in [0.3, 0.4) is 0 Å². The van der Waals surface area contributed by atoms with Crippen molar-refractivity contribution in [3.63, 3.8) is 0 Å². The van der Waals surface area contributed by atoms with Crippen molar-refractivity contribution in [1.82, 2.24) is 4.98 Å². The van der Waals surface area contributed by atoms with Gasteiger partial charge in [-0.2, -0.15) is 0 Å². The Bertz CT molecular complexity index is 941. The summed E-state index contributed by atoms with van der Waals surface area (Å²) in [6, 6.07) is 13.4. The average Bonchev–Trinajstić information content (AvgIpc) is 3.14. The first-order valence-corrected chi connectivity index (χ1v) is 9.86. The highest BCUT2D eigenvalue weighted by Gasteiger charge is 2.09. The molecule has 3 aromatic rings. The number of hydrogen-bond donors (Lipinski definition) is 0. The van der Waals surface area contributed by atoms with Crippen LogP contribution in [0.5, 0.6) is 11.5 Å². The number of esters is 1. The predicted octanol–water partition coefficient (Wildman–Crippen LogP) is 5.01. The molecule has 2 aromatic carbocycles. The lowest BCUT2D eigenvalue weighted by Crippen LogP contribution is -2.13. The number of benzene rings is 2. The molecule has 0 aliphatic heterocycles. The van der Waals surface area contributed by atoms with Gasteiger partial charge in [-0.3, -0.25) is 0 Å². The summed E-state index contributed by atoms with van der Waals surface area (Å²) >= 11 is 5.11. The first-order valence-electron chi connectivity index (χ1n) is 8.19. The molecule has 0 aliphatic carbocycles. The second kappa shape index (κ2) is 9.01. The molecule has 140 valence electrons. The van der Waals surface area contributed by atoms with Crippen molar-refractivity contribution < 1.29 is 19.0 Å². The van der Waals surface area contributed by atoms with E-state index in [4.69, 9.17) is 9.47 Å². The SMILES string of the molecule is COC(=O)COc1ccc(OCc2nc(-c3ccccc3Br)cs2)cc1C. The molecule has 0 saturated heterocycles. The molecule has 0 saturated carbocycles. The van der Waals surface area contributed by atoms with Gasteiger partial charge in [-0.15, -0.1) is 11.3 Å². The number of hydrogen-bond acceptors (Lipinski definition) is 6. The van der Waals surface area contributed by atoms with Crippen LogP contribution in [0.25, 0.3) is 11.3 Å². The summed E-state index contributed by atoms with van der Waals surface area (Å²) in [7, 11) is 1.33. The zero-order valence-corrected chi connectivity index (χ0v) is 17.3. The van der Waals surface area contributed by atoms with Gasteiger partial charge in [-0.1, -0.05) is 34.1 Å². The van der Waals surface area contributed by atoms with E-state index < -0.39 is 5.97 Å². The number of carbonyl (C=O) groups excluding carboxylic acids is 1. The van der Waals surface area contributed by atoms with E-state index in [1.165, 1.54) is 7.11 Å². The van der Waals surface area contributed by atoms with Crippen LogP contribution in [0, 0.1) is 6.92 Å². The van der Waals surface area contributed by atoms with Crippen LogP contribution in [0.4, 0.5) is 0 Å². The van der Waals surface area contributed by atoms with Crippen LogP contribution in [0.15, 0.2) is 52.3 Å². The van der Waals surface area contributed by atoms with Gasteiger partial charge in [0.2, 0.25) is 0 Å². The van der Waals surface area contributed by atoms with Gasteiger partial charge in [0, 0.05) is 15.4 Å². The molecule has 0 fully saturated rings. The number of aryl methyl sites for hydroxylation is 1. The molecule has 0 N–H and O–H groups in total. The summed E-state index contributed by atoms with van der Waals surface area (Å²) in [6.45, 7) is 2.17. The van der Waals surface area contributed by atoms with Gasteiger partial charge in [0.1, 0.15) is 23.1 Å². The topological polar surface area (TPSA) is 57.7 Å². The van der Waals surface area contributed by atoms with Crippen LogP contribution in [-0.4, -0.2) is 24.7 Å². The van der Waals surface area contributed by atoms with Gasteiger partial charge in [0.25, 0.3) is 0 Å². The Morgan fingerprint density at radius 1 is 1.19 bits per heavy atom. The zero-order chi connectivity index (χ0) is 19.2. The minimum atomic E-state index is -0.417. The van der Waals surface area contributed by atoms with Gasteiger partial charge < -0.3 is 14.2 Å². The van der Waals surface area contributed by atoms with Gasteiger partial charge in [0.15, 0.2) is 6.61 Å². The molecular weight excluding hydrogens is 430 g/mol. The summed E-state index contributed by atoms with van der Waals surface area (Å²) in [5.41, 5.74) is 2.86. The molecular formula is C20H18BrNO4S. The fourth-order valence-corrected chi connectivity index (χ4v) is 3.58. The van der Waals surface area contributed by atoms with E-state index in [0.29, 0.717) is 12.4 Å². The largest absolute Gasteiger partial charge is 0.486 e. The summed E-state index contributed by atoms with van der Waals surface area (Å²) in [5.74, 6) is 0.924. The zero-order valence-electron chi connectivity index (χ0n) is 14.9. The minimum Gasteiger partial charge on any atom is -0.486 e. The molecule has 0 bridgehead atoms. The number of aromatic nitrogens is 1. The highest BCUT2D eigenvalue weighted by molar-refractivity contribution is 9.10. The number of nitrogens with zero attached hydrogens (tertiary/aromatic N) is 1. The van der Waals surface area contributed by atoms with Crippen LogP contribution < -0.4 is 9.47 Å². The van der Waals surface area contributed by atoms with Crippen molar-refractivity contribution in [2.24, 2.45) is 0 Å². The molecule has 3 rings (SSSR count). The molecule has 27 heavy (non-hydrogen) atoms. The smallest absolute Gasteiger partial charge is 0.343 e. The lowest BCUT2D eigenvalue weighted by molar-refractivity contribution is -0.142. The Balaban J connectivity index is 1.61. The summed E-state index contributed by atoms with van der Waals surface area (Å²) in [4.78, 5) is 15.8. The first kappa shape index (κ1) is 19.4. The second-order valence-corrected chi connectivity index (χ2v) is 7.48. The van der Waals surface area contributed by atoms with E-state index in [1.807, 2.05) is 48.7 Å². The molecule has 1 heterocycles. The third kappa shape index (κ3) is 5.08. The average molecular weight is 448 g/mol. The van der Waals surface area contributed by atoms with E-state index >= 15 is 0 Å². The van der Waals surface area contributed by atoms with E-state index in [2.05, 4.69) is 25.7 Å². The van der Waals surface area contributed by atoms with Crippen LogP contribution >= 0.6 is 27.3 Å². The fraction of sp³-hybridized carbons (Fsp3) is 0.200. The van der Waals surface area contributed by atoms with Crippen LogP contribution in [-0.2, 0) is 16.1 Å². The maximum Gasteiger partial charge on any atom is 0.343 e. The maximum atomic E-state index is 11.2. The number of rotatable bonds is 7. The molecule has 1 aromatic heterocycles. The standard InChI is InChI=1S/C20H18BrNO4S/c1-13-9-14(7-8-18(13)26-11-20(23)24-2)25-10-19-22-17(12-27-19)15-5-3-4-6-16(15)21/h3-9,12H,10-11H2,1-2H3. The monoisotopic (exact) mass is 447 g/mol. The molecule has 0 spiro atoms. The van der Waals surface area contributed by atoms with Gasteiger partial charge >= 0.3 is 5.97 Å². The van der Waals surface area contributed by atoms with Crippen molar-refractivity contribution in [3.05, 3.63) is 62.9 Å². The van der Waals surface area contributed by atoms with E-state index in [-0.39, 0.29) is 6.61 Å². The molecule has 7 heteroatoms. The fourth-order valence-electron chi connectivity index (χ4n) is 2.38. The predicted molar refractivity (Wildman–Crippen MR) is 108 cm³/mol. The third-order valence-electron chi connectivity index (χ3n) is 3.78. The van der Waals surface area contributed by atoms with E-state index in [1.54, 1.807) is 17.4 Å². The van der Waals surface area contributed by atoms with Crippen molar-refractivity contribution in [2.75, 3.05) is 13.7 Å². The molecule has 0 atom stereocenters. The Morgan fingerprint density at radius 2 is 2.00 bits per heavy atom. The molecule has 0 amide bonds. The number of methoxy groups -OCH3 is 1. The first-order chi connectivity index (χ1) is 13.1. The molecule has 5 nitrogen and oxygen atoms in total. The minimum absolute atomic E-state index is 0.117. The highest BCUT2D eigenvalue weighted by Crippen LogP contribution is 2.29. The second-order valence-electron chi connectivity index (χ2n) is 5.69. The normalized spacial score (nSPS) is 10.5. The highest BCUT2D eigenvalue weighted by atomic mass is 79.9. The van der Waals surface area contributed by atoms with E-state index in [9.17, 15) is 4.79 Å². The lowest BCUT2D eigenvalue weighted by atomic mass is 10.2. The van der Waals surface area contributed by atoms with Gasteiger partial charge in [-0.25, -0.2) is 9.78 Å². The van der Waals surface area contributed by atoms with Crippen molar-refractivity contribution in [2.45, 2.75) is 13.5 Å². The molecule has 0 aliphatic rings. The Kier molecular flexibility index (Phi) is 6.47. The third-order valence-corrected chi connectivity index (χ3v) is 5.30. The van der Waals surface area contributed by atoms with Crippen molar-refractivity contribution >= 4 is 33.2 Å². The van der Waals surface area contributed by atoms with Crippen LogP contribution in [0.1, 0.15) is 10.6 Å². The van der Waals surface area contributed by atoms with Gasteiger partial charge in [0.05, 0.1) is 12.8 Å². The summed E-state index contributed by atoms with van der Waals surface area (Å²) < 4.78 is 16.9. The number of ether oxygens (including phenoxy) is 3. The Morgan fingerprint density at radius 3 is 2.74 bits per heavy atom. The van der Waals surface area contributed by atoms with Crippen molar-refractivity contribution in [1.29, 1.82) is 0 Å². The van der Waals surface area contributed by atoms with E-state index in [0.717, 1.165) is 32.1 Å². The molecule has 0 radical (unpaired) electrons. The summed E-state index contributed by atoms with van der Waals surface area (Å²) in [5, 5.41) is 2.91. The quantitative estimate of drug-likeness (QED) is 0.476. The number of carbonyl (C=O) groups is 1. The number of thiazole rings is 1. The molecule has 0 unspecified atom stereocenters. The Labute approximate surface area is 170 Å². The van der Waals surface area contributed by atoms with Crippen LogP contribution in [0.2, 0.25) is 0 Å². The number of halogens is 1.